The lowest BCUT2D eigenvalue weighted by Crippen LogP contribution is -2.25. The lowest BCUT2D eigenvalue weighted by molar-refractivity contribution is 0.0156. The van der Waals surface area contributed by atoms with Gasteiger partial charge < -0.3 is 10.5 Å². The Bertz CT molecular complexity index is 491. The fraction of sp³-hybridized carbons (Fsp3) is 0.500. The third-order valence-electron chi connectivity index (χ3n) is 3.47. The van der Waals surface area contributed by atoms with Crippen molar-refractivity contribution >= 4 is 11.7 Å². The number of rotatable bonds is 2. The average molecular weight is 269 g/mol. The summed E-state index contributed by atoms with van der Waals surface area (Å²) in [6.07, 6.45) is 3.58. The van der Waals surface area contributed by atoms with Gasteiger partial charge in [-0.05, 0) is 31.2 Å². The maximum atomic E-state index is 13.1. The van der Waals surface area contributed by atoms with E-state index in [0.29, 0.717) is 5.92 Å². The van der Waals surface area contributed by atoms with Crippen LogP contribution in [0.4, 0.5) is 14.5 Å². The molecular weight excluding hydrogens is 252 g/mol. The summed E-state index contributed by atoms with van der Waals surface area (Å²) < 4.78 is 31.4. The van der Waals surface area contributed by atoms with E-state index in [9.17, 15) is 13.6 Å². The zero-order valence-corrected chi connectivity index (χ0v) is 10.8. The third kappa shape index (κ3) is 3.22. The molecule has 1 aromatic rings. The molecule has 0 spiro atoms. The number of hydrogen-bond donors (Lipinski definition) is 1. The monoisotopic (exact) mass is 269 g/mol. The van der Waals surface area contributed by atoms with E-state index in [1.807, 2.05) is 0 Å². The highest BCUT2D eigenvalue weighted by atomic mass is 19.2. The van der Waals surface area contributed by atoms with Crippen LogP contribution < -0.4 is 5.73 Å². The van der Waals surface area contributed by atoms with Gasteiger partial charge in [0.1, 0.15) is 6.10 Å². The predicted molar refractivity (Wildman–Crippen MR) is 67.6 cm³/mol. The molecule has 2 rings (SSSR count). The first-order chi connectivity index (χ1) is 8.97. The van der Waals surface area contributed by atoms with Gasteiger partial charge in [0.15, 0.2) is 11.6 Å². The first-order valence-corrected chi connectivity index (χ1v) is 6.43. The summed E-state index contributed by atoms with van der Waals surface area (Å²) >= 11 is 0. The van der Waals surface area contributed by atoms with Crippen LogP contribution in [0.1, 0.15) is 43.0 Å². The number of hydrogen-bond acceptors (Lipinski definition) is 3. The quantitative estimate of drug-likeness (QED) is 0.662. The van der Waals surface area contributed by atoms with E-state index < -0.39 is 17.6 Å². The Hall–Kier alpha value is -1.65. The van der Waals surface area contributed by atoms with E-state index in [2.05, 4.69) is 6.92 Å². The van der Waals surface area contributed by atoms with E-state index in [1.165, 1.54) is 0 Å². The summed E-state index contributed by atoms with van der Waals surface area (Å²) in [6, 6.07) is 1.59. The van der Waals surface area contributed by atoms with Gasteiger partial charge in [-0.2, -0.15) is 0 Å². The van der Waals surface area contributed by atoms with Crippen molar-refractivity contribution in [2.45, 2.75) is 38.7 Å². The van der Waals surface area contributed by atoms with Crippen LogP contribution in [0.15, 0.2) is 12.1 Å². The Morgan fingerprint density at radius 3 is 2.68 bits per heavy atom. The normalized spacial score (nSPS) is 23.1. The van der Waals surface area contributed by atoms with Crippen LogP contribution in [-0.2, 0) is 4.74 Å². The summed E-state index contributed by atoms with van der Waals surface area (Å²) in [7, 11) is 0. The Labute approximate surface area is 110 Å². The van der Waals surface area contributed by atoms with Crippen molar-refractivity contribution in [2.75, 3.05) is 5.73 Å². The topological polar surface area (TPSA) is 52.3 Å². The minimum Gasteiger partial charge on any atom is -0.459 e. The second kappa shape index (κ2) is 5.55. The van der Waals surface area contributed by atoms with Crippen LogP contribution in [0.25, 0.3) is 0 Å². The van der Waals surface area contributed by atoms with Gasteiger partial charge in [0, 0.05) is 11.8 Å². The zero-order valence-electron chi connectivity index (χ0n) is 10.8. The molecule has 5 heteroatoms. The lowest BCUT2D eigenvalue weighted by Gasteiger charge is -2.26. The SMILES string of the molecule is CC1CCCC(OC(=O)c2cc(F)c(F)cc2N)C1. The van der Waals surface area contributed by atoms with E-state index >= 15 is 0 Å². The molecule has 2 N–H and O–H groups in total. The van der Waals surface area contributed by atoms with Crippen molar-refractivity contribution in [1.82, 2.24) is 0 Å². The number of carbonyl (C=O) groups is 1. The molecule has 0 aliphatic heterocycles. The molecule has 1 aliphatic rings. The third-order valence-corrected chi connectivity index (χ3v) is 3.47. The number of benzene rings is 1. The molecule has 0 radical (unpaired) electrons. The molecule has 19 heavy (non-hydrogen) atoms. The van der Waals surface area contributed by atoms with Gasteiger partial charge in [-0.25, -0.2) is 13.6 Å². The summed E-state index contributed by atoms with van der Waals surface area (Å²) in [5, 5.41) is 0. The van der Waals surface area contributed by atoms with Crippen molar-refractivity contribution in [3.05, 3.63) is 29.3 Å². The van der Waals surface area contributed by atoms with Gasteiger partial charge in [-0.3, -0.25) is 0 Å². The van der Waals surface area contributed by atoms with Gasteiger partial charge in [-0.1, -0.05) is 13.3 Å². The van der Waals surface area contributed by atoms with Gasteiger partial charge >= 0.3 is 5.97 Å². The Morgan fingerprint density at radius 1 is 1.32 bits per heavy atom. The smallest absolute Gasteiger partial charge is 0.340 e. The second-order valence-electron chi connectivity index (χ2n) is 5.15. The molecule has 3 nitrogen and oxygen atoms in total. The highest BCUT2D eigenvalue weighted by Gasteiger charge is 2.24. The van der Waals surface area contributed by atoms with E-state index in [4.69, 9.17) is 10.5 Å². The number of nitrogens with two attached hydrogens (primary N) is 1. The number of esters is 1. The first kappa shape index (κ1) is 13.8. The summed E-state index contributed by atoms with van der Waals surface area (Å²) in [6.45, 7) is 2.10. The van der Waals surface area contributed by atoms with Crippen LogP contribution in [-0.4, -0.2) is 12.1 Å². The molecule has 104 valence electrons. The molecule has 0 bridgehead atoms. The van der Waals surface area contributed by atoms with Crippen LogP contribution >= 0.6 is 0 Å². The summed E-state index contributed by atoms with van der Waals surface area (Å²) in [5.41, 5.74) is 5.30. The number of halogens is 2. The molecule has 1 aromatic carbocycles. The predicted octanol–water partition coefficient (Wildman–Crippen LogP) is 3.28. The van der Waals surface area contributed by atoms with Crippen LogP contribution in [0.5, 0.6) is 0 Å². The molecule has 0 aromatic heterocycles. The van der Waals surface area contributed by atoms with E-state index in [-0.39, 0.29) is 17.4 Å². The van der Waals surface area contributed by atoms with E-state index in [0.717, 1.165) is 37.8 Å². The molecule has 0 amide bonds. The fourth-order valence-electron chi connectivity index (χ4n) is 2.44. The van der Waals surface area contributed by atoms with Gasteiger partial charge in [0.05, 0.1) is 5.56 Å². The number of anilines is 1. The number of nitrogen functional groups attached to an aromatic ring is 1. The molecule has 0 saturated heterocycles. The lowest BCUT2D eigenvalue weighted by atomic mass is 9.89. The highest BCUT2D eigenvalue weighted by molar-refractivity contribution is 5.95. The van der Waals surface area contributed by atoms with Crippen molar-refractivity contribution < 1.29 is 18.3 Å². The second-order valence-corrected chi connectivity index (χ2v) is 5.15. The molecule has 1 aliphatic carbocycles. The number of carbonyl (C=O) groups excluding carboxylic acids is 1. The van der Waals surface area contributed by atoms with Crippen LogP contribution in [0, 0.1) is 17.6 Å². The highest BCUT2D eigenvalue weighted by Crippen LogP contribution is 2.27. The molecule has 2 atom stereocenters. The van der Waals surface area contributed by atoms with Crippen LogP contribution in [0.3, 0.4) is 0 Å². The minimum absolute atomic E-state index is 0.104. The minimum atomic E-state index is -1.10. The van der Waals surface area contributed by atoms with Crippen molar-refractivity contribution in [3.8, 4) is 0 Å². The summed E-state index contributed by atoms with van der Waals surface area (Å²) in [5.74, 6) is -2.34. The Balaban J connectivity index is 2.09. The molecule has 1 saturated carbocycles. The zero-order chi connectivity index (χ0) is 14.0. The van der Waals surface area contributed by atoms with Crippen molar-refractivity contribution in [3.63, 3.8) is 0 Å². The first-order valence-electron chi connectivity index (χ1n) is 6.43. The van der Waals surface area contributed by atoms with E-state index in [1.54, 1.807) is 0 Å². The molecule has 0 heterocycles. The van der Waals surface area contributed by atoms with Gasteiger partial charge in [0.25, 0.3) is 0 Å². The van der Waals surface area contributed by atoms with Gasteiger partial charge in [0.2, 0.25) is 0 Å². The fourth-order valence-corrected chi connectivity index (χ4v) is 2.44. The maximum absolute atomic E-state index is 13.1. The largest absolute Gasteiger partial charge is 0.459 e. The Morgan fingerprint density at radius 2 is 2.00 bits per heavy atom. The van der Waals surface area contributed by atoms with Crippen molar-refractivity contribution in [1.29, 1.82) is 0 Å². The Kier molecular flexibility index (Phi) is 4.02. The molecule has 2 unspecified atom stereocenters. The molecular formula is C14H17F2NO2. The van der Waals surface area contributed by atoms with Crippen molar-refractivity contribution in [2.24, 2.45) is 5.92 Å². The van der Waals surface area contributed by atoms with Gasteiger partial charge in [-0.15, -0.1) is 0 Å². The average Bonchev–Trinajstić information content (AvgIpc) is 2.33. The number of ether oxygens (including phenoxy) is 1. The maximum Gasteiger partial charge on any atom is 0.340 e. The standard InChI is InChI=1S/C14H17F2NO2/c1-8-3-2-4-9(5-8)19-14(18)10-6-11(15)12(16)7-13(10)17/h6-9H,2-5,17H2,1H3. The molecule has 1 fully saturated rings. The summed E-state index contributed by atoms with van der Waals surface area (Å²) in [4.78, 5) is 11.9. The van der Waals surface area contributed by atoms with Crippen LogP contribution in [0.2, 0.25) is 0 Å².